The van der Waals surface area contributed by atoms with Crippen LogP contribution in [0.2, 0.25) is 0 Å². The Bertz CT molecular complexity index is 437. The van der Waals surface area contributed by atoms with E-state index in [9.17, 15) is 0 Å². The summed E-state index contributed by atoms with van der Waals surface area (Å²) in [5.74, 6) is 0. The molecule has 0 saturated carbocycles. The van der Waals surface area contributed by atoms with Gasteiger partial charge in [0.25, 0.3) is 0 Å². The van der Waals surface area contributed by atoms with Gasteiger partial charge in [-0.15, -0.1) is 0 Å². The summed E-state index contributed by atoms with van der Waals surface area (Å²) in [4.78, 5) is 0. The number of nitrogens with one attached hydrogen (secondary N) is 1. The van der Waals surface area contributed by atoms with E-state index in [-0.39, 0.29) is 6.04 Å². The lowest BCUT2D eigenvalue weighted by molar-refractivity contribution is 0.219. The molecule has 19 heavy (non-hydrogen) atoms. The van der Waals surface area contributed by atoms with Crippen LogP contribution < -0.4 is 5.32 Å². The summed E-state index contributed by atoms with van der Waals surface area (Å²) in [6.07, 6.45) is 5.13. The highest BCUT2D eigenvalue weighted by molar-refractivity contribution is 5.25. The van der Waals surface area contributed by atoms with Gasteiger partial charge in [0.15, 0.2) is 0 Å². The fraction of sp³-hybridized carbons (Fsp3) is 0.667. The third-order valence-corrected chi connectivity index (χ3v) is 3.56. The molecule has 0 radical (unpaired) electrons. The molecule has 2 rings (SSSR count). The van der Waals surface area contributed by atoms with E-state index in [2.05, 4.69) is 41.9 Å². The van der Waals surface area contributed by atoms with Crippen LogP contribution in [-0.4, -0.2) is 22.9 Å². The van der Waals surface area contributed by atoms with Gasteiger partial charge >= 0.3 is 0 Å². The van der Waals surface area contributed by atoms with Gasteiger partial charge in [-0.25, -0.2) is 0 Å². The summed E-state index contributed by atoms with van der Waals surface area (Å²) in [6.45, 7) is 9.13. The highest BCUT2D eigenvalue weighted by Crippen LogP contribution is 2.28. The molecule has 4 nitrogen and oxygen atoms in total. The molecule has 1 aliphatic rings. The van der Waals surface area contributed by atoms with Crippen molar-refractivity contribution in [1.82, 2.24) is 15.1 Å². The average Bonchev–Trinajstić information content (AvgIpc) is 2.88. The molecule has 1 aliphatic heterocycles. The van der Waals surface area contributed by atoms with Crippen molar-refractivity contribution >= 4 is 0 Å². The first-order chi connectivity index (χ1) is 9.30. The predicted molar refractivity (Wildman–Crippen MR) is 77.0 cm³/mol. The van der Waals surface area contributed by atoms with Crippen LogP contribution in [0.25, 0.3) is 0 Å². The molecule has 1 N–H and O–H groups in total. The number of hydrogen-bond donors (Lipinski definition) is 1. The zero-order valence-electron chi connectivity index (χ0n) is 12.3. The number of rotatable bonds is 6. The molecule has 106 valence electrons. The zero-order chi connectivity index (χ0) is 13.7. The van der Waals surface area contributed by atoms with Crippen LogP contribution in [0.3, 0.4) is 0 Å². The van der Waals surface area contributed by atoms with Gasteiger partial charge in [0.1, 0.15) is 0 Å². The van der Waals surface area contributed by atoms with Crippen LogP contribution in [0.15, 0.2) is 17.9 Å². The second-order valence-corrected chi connectivity index (χ2v) is 4.89. The molecule has 0 aromatic carbocycles. The monoisotopic (exact) mass is 263 g/mol. The van der Waals surface area contributed by atoms with Gasteiger partial charge < -0.3 is 10.1 Å². The normalized spacial score (nSPS) is 16.9. The van der Waals surface area contributed by atoms with Crippen molar-refractivity contribution in [2.45, 2.75) is 52.6 Å². The first-order valence-electron chi connectivity index (χ1n) is 7.40. The molecule has 1 aromatic heterocycles. The Balaban J connectivity index is 2.32. The van der Waals surface area contributed by atoms with Crippen molar-refractivity contribution in [3.63, 3.8) is 0 Å². The van der Waals surface area contributed by atoms with Gasteiger partial charge in [-0.3, -0.25) is 4.68 Å². The largest absolute Gasteiger partial charge is 0.501 e. The Morgan fingerprint density at radius 3 is 2.84 bits per heavy atom. The van der Waals surface area contributed by atoms with Crippen LogP contribution in [0.4, 0.5) is 0 Å². The van der Waals surface area contributed by atoms with E-state index >= 15 is 0 Å². The van der Waals surface area contributed by atoms with E-state index in [1.807, 2.05) is 6.26 Å². The molecule has 4 heteroatoms. The van der Waals surface area contributed by atoms with E-state index in [1.54, 1.807) is 0 Å². The maximum Gasteiger partial charge on any atom is 0.0876 e. The Labute approximate surface area is 115 Å². The van der Waals surface area contributed by atoms with E-state index < -0.39 is 0 Å². The second-order valence-electron chi connectivity index (χ2n) is 4.89. The maximum absolute atomic E-state index is 5.51. The van der Waals surface area contributed by atoms with Crippen molar-refractivity contribution in [3.05, 3.63) is 29.3 Å². The van der Waals surface area contributed by atoms with Gasteiger partial charge in [0, 0.05) is 6.54 Å². The van der Waals surface area contributed by atoms with Gasteiger partial charge in [0.2, 0.25) is 0 Å². The van der Waals surface area contributed by atoms with Crippen LogP contribution in [-0.2, 0) is 17.7 Å². The summed E-state index contributed by atoms with van der Waals surface area (Å²) in [6, 6.07) is 2.46. The van der Waals surface area contributed by atoms with Crippen molar-refractivity contribution in [1.29, 1.82) is 0 Å². The molecule has 0 saturated heterocycles. The first kappa shape index (κ1) is 14.1. The lowest BCUT2D eigenvalue weighted by Gasteiger charge is -2.24. The van der Waals surface area contributed by atoms with E-state index in [0.717, 1.165) is 44.7 Å². The van der Waals surface area contributed by atoms with Crippen LogP contribution in [0, 0.1) is 0 Å². The molecular weight excluding hydrogens is 238 g/mol. The van der Waals surface area contributed by atoms with E-state index in [1.165, 1.54) is 11.3 Å². The molecular formula is C15H25N3O. The van der Waals surface area contributed by atoms with Crippen molar-refractivity contribution in [2.24, 2.45) is 0 Å². The molecule has 0 aliphatic carbocycles. The quantitative estimate of drug-likeness (QED) is 0.858. The first-order valence-corrected chi connectivity index (χ1v) is 7.40. The summed E-state index contributed by atoms with van der Waals surface area (Å²) < 4.78 is 7.62. The van der Waals surface area contributed by atoms with Crippen LogP contribution >= 0.6 is 0 Å². The fourth-order valence-corrected chi connectivity index (χ4v) is 2.57. The fourth-order valence-electron chi connectivity index (χ4n) is 2.57. The summed E-state index contributed by atoms with van der Waals surface area (Å²) in [5.41, 5.74) is 3.76. The molecule has 1 aromatic rings. The minimum Gasteiger partial charge on any atom is -0.501 e. The molecule has 1 unspecified atom stereocenters. The topological polar surface area (TPSA) is 39.1 Å². The Kier molecular flexibility index (Phi) is 5.02. The minimum absolute atomic E-state index is 0.234. The molecule has 2 heterocycles. The summed E-state index contributed by atoms with van der Waals surface area (Å²) in [7, 11) is 0. The third-order valence-electron chi connectivity index (χ3n) is 3.56. The Hall–Kier alpha value is -1.29. The average molecular weight is 263 g/mol. The smallest absolute Gasteiger partial charge is 0.0876 e. The molecule has 0 fully saturated rings. The minimum atomic E-state index is 0.234. The van der Waals surface area contributed by atoms with Gasteiger partial charge in [-0.2, -0.15) is 5.10 Å². The van der Waals surface area contributed by atoms with Gasteiger partial charge in [-0.05, 0) is 44.4 Å². The highest BCUT2D eigenvalue weighted by atomic mass is 16.5. The standard InChI is InChI=1S/C15H25N3O/c1-4-13-10-14(18(6-3)17-13)15(16-5-2)12-8-7-9-19-11-12/h10-11,15-16H,4-9H2,1-3H3. The van der Waals surface area contributed by atoms with Gasteiger partial charge in [0.05, 0.1) is 30.3 Å². The van der Waals surface area contributed by atoms with E-state index in [4.69, 9.17) is 4.74 Å². The number of aryl methyl sites for hydroxylation is 2. The number of nitrogens with zero attached hydrogens (tertiary/aromatic N) is 2. The lowest BCUT2D eigenvalue weighted by Crippen LogP contribution is -2.26. The zero-order valence-corrected chi connectivity index (χ0v) is 12.3. The molecule has 0 amide bonds. The lowest BCUT2D eigenvalue weighted by atomic mass is 9.98. The summed E-state index contributed by atoms with van der Waals surface area (Å²) in [5, 5.41) is 8.23. The summed E-state index contributed by atoms with van der Waals surface area (Å²) >= 11 is 0. The molecule has 0 spiro atoms. The van der Waals surface area contributed by atoms with Gasteiger partial charge in [-0.1, -0.05) is 13.8 Å². The van der Waals surface area contributed by atoms with Crippen molar-refractivity contribution < 1.29 is 4.74 Å². The Morgan fingerprint density at radius 1 is 1.42 bits per heavy atom. The third kappa shape index (κ3) is 3.18. The Morgan fingerprint density at radius 2 is 2.26 bits per heavy atom. The number of aromatic nitrogens is 2. The maximum atomic E-state index is 5.51. The van der Waals surface area contributed by atoms with E-state index in [0.29, 0.717) is 0 Å². The molecule has 0 bridgehead atoms. The van der Waals surface area contributed by atoms with Crippen molar-refractivity contribution in [2.75, 3.05) is 13.2 Å². The van der Waals surface area contributed by atoms with Crippen LogP contribution in [0.5, 0.6) is 0 Å². The number of hydrogen-bond acceptors (Lipinski definition) is 3. The number of likely N-dealkylation sites (N-methyl/N-ethyl adjacent to an activating group) is 1. The van der Waals surface area contributed by atoms with Crippen LogP contribution in [0.1, 0.15) is 51.0 Å². The highest BCUT2D eigenvalue weighted by Gasteiger charge is 2.22. The second kappa shape index (κ2) is 6.75. The SMILES string of the molecule is CCNC(C1=COCCC1)c1cc(CC)nn1CC. The molecule has 1 atom stereocenters. The predicted octanol–water partition coefficient (Wildman–Crippen LogP) is 2.81. The number of ether oxygens (including phenoxy) is 1. The van der Waals surface area contributed by atoms with Crippen molar-refractivity contribution in [3.8, 4) is 0 Å².